The minimum absolute atomic E-state index is 0.00806. The molecule has 178 valence electrons. The van der Waals surface area contributed by atoms with E-state index in [0.717, 1.165) is 48.6 Å². The number of likely N-dealkylation sites (tertiary alicyclic amines) is 1. The molecule has 2 N–H and O–H groups in total. The van der Waals surface area contributed by atoms with Crippen LogP contribution in [-0.2, 0) is 0 Å². The second-order valence-corrected chi connectivity index (χ2v) is 9.66. The van der Waals surface area contributed by atoms with E-state index >= 15 is 0 Å². The van der Waals surface area contributed by atoms with Crippen molar-refractivity contribution in [2.45, 2.75) is 44.6 Å². The van der Waals surface area contributed by atoms with Crippen LogP contribution in [0.1, 0.15) is 48.9 Å². The standard InChI is InChI=1S/C28H35N5O/c1-32-17-5-6-24(32)15-16-29-28(34)23-9-7-21(8-10-23)26-20-27(31-30-26)22-11-13-25(14-12-22)33-18-3-2-4-19-33/h7-14,20,24H,2-6,15-19H2,1H3,(H,29,34)(H,30,31). The number of carbonyl (C=O) groups is 1. The summed E-state index contributed by atoms with van der Waals surface area (Å²) in [6.45, 7) is 4.19. The molecule has 2 saturated heterocycles. The molecule has 1 atom stereocenters. The maximum absolute atomic E-state index is 12.5. The number of carbonyl (C=O) groups excluding carboxylic acids is 1. The molecule has 0 bridgehead atoms. The van der Waals surface area contributed by atoms with Gasteiger partial charge in [-0.05, 0) is 88.0 Å². The summed E-state index contributed by atoms with van der Waals surface area (Å²) >= 11 is 0. The molecule has 0 aliphatic carbocycles. The molecule has 0 saturated carbocycles. The molecule has 3 aromatic rings. The molecule has 2 fully saturated rings. The maximum atomic E-state index is 12.5. The van der Waals surface area contributed by atoms with E-state index in [-0.39, 0.29) is 5.91 Å². The molecule has 34 heavy (non-hydrogen) atoms. The van der Waals surface area contributed by atoms with Crippen molar-refractivity contribution in [2.24, 2.45) is 0 Å². The van der Waals surface area contributed by atoms with Crippen LogP contribution in [0.5, 0.6) is 0 Å². The van der Waals surface area contributed by atoms with E-state index in [4.69, 9.17) is 0 Å². The van der Waals surface area contributed by atoms with E-state index in [0.29, 0.717) is 11.6 Å². The number of H-pyrrole nitrogens is 1. The number of piperidine rings is 1. The number of hydrogen-bond donors (Lipinski definition) is 2. The highest BCUT2D eigenvalue weighted by atomic mass is 16.1. The van der Waals surface area contributed by atoms with Crippen molar-refractivity contribution in [2.75, 3.05) is 38.1 Å². The summed E-state index contributed by atoms with van der Waals surface area (Å²) in [6, 6.07) is 19.1. The molecule has 1 amide bonds. The van der Waals surface area contributed by atoms with Crippen LogP contribution in [0.2, 0.25) is 0 Å². The first-order valence-electron chi connectivity index (χ1n) is 12.7. The molecule has 1 aromatic heterocycles. The first-order chi connectivity index (χ1) is 16.7. The third kappa shape index (κ3) is 5.17. The predicted molar refractivity (Wildman–Crippen MR) is 138 cm³/mol. The average Bonchev–Trinajstić information content (AvgIpc) is 3.54. The zero-order valence-electron chi connectivity index (χ0n) is 20.1. The third-order valence-electron chi connectivity index (χ3n) is 7.35. The minimum atomic E-state index is -0.00806. The van der Waals surface area contributed by atoms with Gasteiger partial charge < -0.3 is 15.1 Å². The topological polar surface area (TPSA) is 64.3 Å². The Morgan fingerprint density at radius 1 is 0.971 bits per heavy atom. The van der Waals surface area contributed by atoms with E-state index < -0.39 is 0 Å². The van der Waals surface area contributed by atoms with Crippen LogP contribution in [0.3, 0.4) is 0 Å². The summed E-state index contributed by atoms with van der Waals surface area (Å²) in [5.74, 6) is -0.00806. The van der Waals surface area contributed by atoms with Crippen LogP contribution in [-0.4, -0.2) is 60.3 Å². The van der Waals surface area contributed by atoms with Crippen molar-refractivity contribution in [3.8, 4) is 22.5 Å². The van der Waals surface area contributed by atoms with Crippen molar-refractivity contribution < 1.29 is 4.79 Å². The number of hydrogen-bond acceptors (Lipinski definition) is 4. The number of anilines is 1. The van der Waals surface area contributed by atoms with Gasteiger partial charge in [-0.3, -0.25) is 9.89 Å². The second-order valence-electron chi connectivity index (χ2n) is 9.66. The van der Waals surface area contributed by atoms with Crippen molar-refractivity contribution in [1.82, 2.24) is 20.4 Å². The van der Waals surface area contributed by atoms with Gasteiger partial charge in [0, 0.05) is 42.5 Å². The number of benzene rings is 2. The summed E-state index contributed by atoms with van der Waals surface area (Å²) in [6.07, 6.45) is 7.41. The van der Waals surface area contributed by atoms with Gasteiger partial charge in [-0.15, -0.1) is 0 Å². The number of nitrogens with one attached hydrogen (secondary N) is 2. The molecule has 6 nitrogen and oxygen atoms in total. The average molecular weight is 458 g/mol. The lowest BCUT2D eigenvalue weighted by Crippen LogP contribution is -2.31. The molecule has 2 aliphatic rings. The van der Waals surface area contributed by atoms with Crippen LogP contribution < -0.4 is 10.2 Å². The van der Waals surface area contributed by atoms with E-state index in [2.05, 4.69) is 62.7 Å². The Morgan fingerprint density at radius 2 is 1.71 bits per heavy atom. The van der Waals surface area contributed by atoms with Crippen LogP contribution >= 0.6 is 0 Å². The Morgan fingerprint density at radius 3 is 2.41 bits per heavy atom. The summed E-state index contributed by atoms with van der Waals surface area (Å²) in [5.41, 5.74) is 5.99. The predicted octanol–water partition coefficient (Wildman–Crippen LogP) is 4.95. The van der Waals surface area contributed by atoms with Crippen LogP contribution in [0, 0.1) is 0 Å². The lowest BCUT2D eigenvalue weighted by molar-refractivity contribution is 0.0950. The Bertz CT molecular complexity index is 1080. The van der Waals surface area contributed by atoms with Crippen molar-refractivity contribution in [1.29, 1.82) is 0 Å². The quantitative estimate of drug-likeness (QED) is 0.527. The molecule has 0 radical (unpaired) electrons. The van der Waals surface area contributed by atoms with Gasteiger partial charge in [-0.25, -0.2) is 0 Å². The number of rotatable bonds is 7. The van der Waals surface area contributed by atoms with Crippen LogP contribution in [0.4, 0.5) is 5.69 Å². The fourth-order valence-corrected chi connectivity index (χ4v) is 5.21. The summed E-state index contributed by atoms with van der Waals surface area (Å²) in [4.78, 5) is 17.4. The van der Waals surface area contributed by atoms with Gasteiger partial charge in [-0.1, -0.05) is 24.3 Å². The normalized spacial score (nSPS) is 18.9. The SMILES string of the molecule is CN1CCCC1CCNC(=O)c1ccc(-c2cc(-c3ccc(N4CCCCC4)cc3)n[nH]2)cc1. The number of aromatic amines is 1. The molecule has 1 unspecified atom stereocenters. The fourth-order valence-electron chi connectivity index (χ4n) is 5.21. The first kappa shape index (κ1) is 22.7. The first-order valence-corrected chi connectivity index (χ1v) is 12.7. The smallest absolute Gasteiger partial charge is 0.251 e. The third-order valence-corrected chi connectivity index (χ3v) is 7.35. The van der Waals surface area contributed by atoms with E-state index in [1.807, 2.05) is 24.3 Å². The van der Waals surface area contributed by atoms with Gasteiger partial charge in [-0.2, -0.15) is 5.10 Å². The van der Waals surface area contributed by atoms with Gasteiger partial charge in [0.1, 0.15) is 0 Å². The molecule has 6 heteroatoms. The highest BCUT2D eigenvalue weighted by Crippen LogP contribution is 2.27. The zero-order valence-corrected chi connectivity index (χ0v) is 20.1. The maximum Gasteiger partial charge on any atom is 0.251 e. The number of nitrogens with zero attached hydrogens (tertiary/aromatic N) is 3. The summed E-state index contributed by atoms with van der Waals surface area (Å²) in [5, 5.41) is 10.7. The van der Waals surface area contributed by atoms with Crippen molar-refractivity contribution >= 4 is 11.6 Å². The van der Waals surface area contributed by atoms with E-state index in [1.165, 1.54) is 44.3 Å². The second kappa shape index (κ2) is 10.4. The Kier molecular flexibility index (Phi) is 6.95. The Labute approximate surface area is 202 Å². The van der Waals surface area contributed by atoms with Crippen LogP contribution in [0.15, 0.2) is 54.6 Å². The summed E-state index contributed by atoms with van der Waals surface area (Å²) < 4.78 is 0. The number of aromatic nitrogens is 2. The highest BCUT2D eigenvalue weighted by Gasteiger charge is 2.20. The molecule has 5 rings (SSSR count). The number of amides is 1. The molecule has 2 aromatic carbocycles. The molecule has 3 heterocycles. The van der Waals surface area contributed by atoms with Crippen LogP contribution in [0.25, 0.3) is 22.5 Å². The van der Waals surface area contributed by atoms with Crippen molar-refractivity contribution in [3.63, 3.8) is 0 Å². The van der Waals surface area contributed by atoms with Gasteiger partial charge in [0.15, 0.2) is 0 Å². The minimum Gasteiger partial charge on any atom is -0.372 e. The molecule has 0 spiro atoms. The molecule has 2 aliphatic heterocycles. The van der Waals surface area contributed by atoms with Gasteiger partial charge in [0.2, 0.25) is 0 Å². The Hall–Kier alpha value is -3.12. The largest absolute Gasteiger partial charge is 0.372 e. The van der Waals surface area contributed by atoms with E-state index in [9.17, 15) is 4.79 Å². The van der Waals surface area contributed by atoms with Crippen molar-refractivity contribution in [3.05, 3.63) is 60.2 Å². The molecular formula is C28H35N5O. The van der Waals surface area contributed by atoms with Gasteiger partial charge in [0.25, 0.3) is 5.91 Å². The highest BCUT2D eigenvalue weighted by molar-refractivity contribution is 5.94. The Balaban J connectivity index is 1.18. The van der Waals surface area contributed by atoms with Gasteiger partial charge >= 0.3 is 0 Å². The van der Waals surface area contributed by atoms with E-state index in [1.54, 1.807) is 0 Å². The zero-order chi connectivity index (χ0) is 23.3. The van der Waals surface area contributed by atoms with Gasteiger partial charge in [0.05, 0.1) is 11.4 Å². The lowest BCUT2D eigenvalue weighted by atomic mass is 10.1. The summed E-state index contributed by atoms with van der Waals surface area (Å²) in [7, 11) is 2.17. The monoisotopic (exact) mass is 457 g/mol. The fraction of sp³-hybridized carbons (Fsp3) is 0.429. The lowest BCUT2D eigenvalue weighted by Gasteiger charge is -2.28. The molecular weight excluding hydrogens is 422 g/mol.